The first kappa shape index (κ1) is 21.8. The summed E-state index contributed by atoms with van der Waals surface area (Å²) >= 11 is 0. The van der Waals surface area contributed by atoms with Crippen LogP contribution in [0, 0.1) is 0 Å². The molecule has 0 amide bonds. The van der Waals surface area contributed by atoms with Crippen LogP contribution in [-0.4, -0.2) is 16.6 Å². The van der Waals surface area contributed by atoms with Crippen molar-refractivity contribution in [2.24, 2.45) is 0 Å². The minimum Gasteiger partial charge on any atom is -0.438 e. The van der Waals surface area contributed by atoms with E-state index < -0.39 is 35.3 Å². The van der Waals surface area contributed by atoms with E-state index in [1.54, 1.807) is 6.92 Å². The van der Waals surface area contributed by atoms with Gasteiger partial charge in [0.1, 0.15) is 28.8 Å². The first-order valence-corrected chi connectivity index (χ1v) is 8.92. The number of carbonyl (C=O) groups excluding carboxylic acids is 2. The van der Waals surface area contributed by atoms with Gasteiger partial charge < -0.3 is 4.74 Å². The second kappa shape index (κ2) is 7.73. The number of alkyl halides is 6. The van der Waals surface area contributed by atoms with E-state index in [0.717, 1.165) is 0 Å². The third-order valence-electron chi connectivity index (χ3n) is 4.77. The number of Topliss-reactive ketones (excluding diaryl/α,β-unsaturated/α-hetero) is 2. The highest BCUT2D eigenvalue weighted by Gasteiger charge is 2.40. The fourth-order valence-electron chi connectivity index (χ4n) is 3.29. The minimum absolute atomic E-state index is 0.0757. The van der Waals surface area contributed by atoms with Crippen molar-refractivity contribution in [3.8, 4) is 11.6 Å². The smallest absolute Gasteiger partial charge is 0.421 e. The first-order valence-electron chi connectivity index (χ1n) is 8.92. The summed E-state index contributed by atoms with van der Waals surface area (Å²) in [7, 11) is 0. The molecule has 1 aliphatic carbocycles. The van der Waals surface area contributed by atoms with Gasteiger partial charge in [-0.3, -0.25) is 9.59 Å². The van der Waals surface area contributed by atoms with Crippen molar-refractivity contribution in [1.82, 2.24) is 4.98 Å². The van der Waals surface area contributed by atoms with Crippen molar-refractivity contribution in [3.05, 3.63) is 52.7 Å². The Balaban J connectivity index is 2.03. The molecule has 30 heavy (non-hydrogen) atoms. The number of ketones is 2. The van der Waals surface area contributed by atoms with Gasteiger partial charge in [0.25, 0.3) is 0 Å². The molecular formula is C20H15F6NO3. The zero-order valence-corrected chi connectivity index (χ0v) is 15.5. The van der Waals surface area contributed by atoms with Crippen LogP contribution in [0.25, 0.3) is 0 Å². The van der Waals surface area contributed by atoms with E-state index in [4.69, 9.17) is 4.74 Å². The maximum Gasteiger partial charge on any atom is 0.421 e. The Morgan fingerprint density at radius 2 is 1.63 bits per heavy atom. The largest absolute Gasteiger partial charge is 0.438 e. The van der Waals surface area contributed by atoms with E-state index in [1.165, 1.54) is 18.2 Å². The van der Waals surface area contributed by atoms with Crippen molar-refractivity contribution < 1.29 is 40.7 Å². The molecule has 1 aliphatic rings. The summed E-state index contributed by atoms with van der Waals surface area (Å²) in [6.07, 6.45) is -9.29. The fraction of sp³-hybridized carbons (Fsp3) is 0.350. The summed E-state index contributed by atoms with van der Waals surface area (Å²) in [5, 5.41) is 0. The van der Waals surface area contributed by atoms with Crippen molar-refractivity contribution in [2.75, 3.05) is 0 Å². The third kappa shape index (κ3) is 4.31. The Morgan fingerprint density at radius 3 is 2.17 bits per heavy atom. The second-order valence-electron chi connectivity index (χ2n) is 6.75. The van der Waals surface area contributed by atoms with Gasteiger partial charge in [0.2, 0.25) is 5.88 Å². The Labute approximate surface area is 166 Å². The summed E-state index contributed by atoms with van der Waals surface area (Å²) in [6, 6.07) is 4.00. The summed E-state index contributed by atoms with van der Waals surface area (Å²) < 4.78 is 83.4. The van der Waals surface area contributed by atoms with Gasteiger partial charge >= 0.3 is 12.4 Å². The van der Waals surface area contributed by atoms with Crippen LogP contribution in [0.4, 0.5) is 26.3 Å². The SMILES string of the molecule is CCc1ccc(Oc2ncc(C(F)(F)F)cc2C(F)(F)F)cc1C1C(=O)CCC1=O. The molecule has 3 rings (SSSR count). The van der Waals surface area contributed by atoms with E-state index >= 15 is 0 Å². The van der Waals surface area contributed by atoms with Gasteiger partial charge in [0, 0.05) is 19.0 Å². The molecule has 1 fully saturated rings. The van der Waals surface area contributed by atoms with Gasteiger partial charge in [-0.15, -0.1) is 0 Å². The summed E-state index contributed by atoms with van der Waals surface area (Å²) in [5.74, 6) is -2.85. The zero-order valence-electron chi connectivity index (χ0n) is 15.5. The molecule has 0 atom stereocenters. The molecule has 0 saturated heterocycles. The lowest BCUT2D eigenvalue weighted by atomic mass is 9.90. The number of benzene rings is 1. The number of halogens is 6. The van der Waals surface area contributed by atoms with Crippen LogP contribution in [0.1, 0.15) is 47.9 Å². The number of nitrogens with zero attached hydrogens (tertiary/aromatic N) is 1. The van der Waals surface area contributed by atoms with Gasteiger partial charge in [-0.25, -0.2) is 4.98 Å². The lowest BCUT2D eigenvalue weighted by Crippen LogP contribution is -2.15. The van der Waals surface area contributed by atoms with Gasteiger partial charge in [-0.1, -0.05) is 13.0 Å². The van der Waals surface area contributed by atoms with Gasteiger partial charge in [0.05, 0.1) is 5.56 Å². The number of hydrogen-bond donors (Lipinski definition) is 0. The zero-order chi connectivity index (χ0) is 22.3. The monoisotopic (exact) mass is 431 g/mol. The molecule has 2 aromatic rings. The predicted octanol–water partition coefficient (Wildman–Crippen LogP) is 5.49. The highest BCUT2D eigenvalue weighted by molar-refractivity contribution is 6.13. The van der Waals surface area contributed by atoms with Crippen LogP contribution < -0.4 is 4.74 Å². The van der Waals surface area contributed by atoms with Crippen molar-refractivity contribution >= 4 is 11.6 Å². The number of rotatable bonds is 4. The van der Waals surface area contributed by atoms with Crippen LogP contribution in [0.2, 0.25) is 0 Å². The quantitative estimate of drug-likeness (QED) is 0.475. The van der Waals surface area contributed by atoms with E-state index in [-0.39, 0.29) is 42.4 Å². The lowest BCUT2D eigenvalue weighted by Gasteiger charge is -2.17. The maximum absolute atomic E-state index is 13.3. The van der Waals surface area contributed by atoms with E-state index in [2.05, 4.69) is 4.98 Å². The molecule has 0 spiro atoms. The first-order chi connectivity index (χ1) is 13.9. The number of pyridine rings is 1. The highest BCUT2D eigenvalue weighted by Crippen LogP contribution is 2.41. The van der Waals surface area contributed by atoms with E-state index in [0.29, 0.717) is 17.5 Å². The fourth-order valence-corrected chi connectivity index (χ4v) is 3.29. The standard InChI is InChI=1S/C20H15F6NO3/c1-2-10-3-4-12(8-13(10)17-15(28)5-6-16(17)29)30-18-14(20(24,25)26)7-11(9-27-18)19(21,22)23/h3-4,7-9,17H,2,5-6H2,1H3. The summed E-state index contributed by atoms with van der Waals surface area (Å²) in [6.45, 7) is 1.78. The van der Waals surface area contributed by atoms with Crippen LogP contribution in [0.15, 0.2) is 30.5 Å². The highest BCUT2D eigenvalue weighted by atomic mass is 19.4. The molecule has 0 bridgehead atoms. The summed E-state index contributed by atoms with van der Waals surface area (Å²) in [4.78, 5) is 27.4. The van der Waals surface area contributed by atoms with Gasteiger partial charge in [-0.05, 0) is 35.7 Å². The Kier molecular flexibility index (Phi) is 5.62. The molecule has 1 heterocycles. The topological polar surface area (TPSA) is 56.3 Å². The minimum atomic E-state index is -5.15. The maximum atomic E-state index is 13.3. The normalized spacial score (nSPS) is 15.7. The van der Waals surface area contributed by atoms with Crippen LogP contribution in [-0.2, 0) is 28.4 Å². The van der Waals surface area contributed by atoms with Crippen LogP contribution in [0.3, 0.4) is 0 Å². The van der Waals surface area contributed by atoms with Crippen LogP contribution in [0.5, 0.6) is 11.6 Å². The molecule has 0 aliphatic heterocycles. The Morgan fingerprint density at radius 1 is 1.00 bits per heavy atom. The molecule has 10 heteroatoms. The van der Waals surface area contributed by atoms with Crippen molar-refractivity contribution in [1.29, 1.82) is 0 Å². The Bertz CT molecular complexity index is 981. The number of carbonyl (C=O) groups is 2. The van der Waals surface area contributed by atoms with Crippen molar-refractivity contribution in [3.63, 3.8) is 0 Å². The van der Waals surface area contributed by atoms with Gasteiger partial charge in [-0.2, -0.15) is 26.3 Å². The molecule has 160 valence electrons. The molecule has 4 nitrogen and oxygen atoms in total. The molecule has 1 aromatic heterocycles. The molecule has 0 N–H and O–H groups in total. The second-order valence-corrected chi connectivity index (χ2v) is 6.75. The van der Waals surface area contributed by atoms with E-state index in [9.17, 15) is 35.9 Å². The molecule has 0 unspecified atom stereocenters. The average Bonchev–Trinajstić information content (AvgIpc) is 2.98. The number of aryl methyl sites for hydroxylation is 1. The van der Waals surface area contributed by atoms with Crippen LogP contribution >= 0.6 is 0 Å². The lowest BCUT2D eigenvalue weighted by molar-refractivity contribution is -0.144. The average molecular weight is 431 g/mol. The summed E-state index contributed by atoms with van der Waals surface area (Å²) in [5.41, 5.74) is -2.28. The number of ether oxygens (including phenoxy) is 1. The molecule has 1 aromatic carbocycles. The number of aromatic nitrogens is 1. The third-order valence-corrected chi connectivity index (χ3v) is 4.77. The molecular weight excluding hydrogens is 416 g/mol. The Hall–Kier alpha value is -2.91. The number of hydrogen-bond acceptors (Lipinski definition) is 4. The molecule has 0 radical (unpaired) electrons. The van der Waals surface area contributed by atoms with Gasteiger partial charge in [0.15, 0.2) is 0 Å². The molecule has 1 saturated carbocycles. The van der Waals surface area contributed by atoms with Crippen molar-refractivity contribution in [2.45, 2.75) is 44.5 Å². The predicted molar refractivity (Wildman–Crippen MR) is 92.1 cm³/mol. The van der Waals surface area contributed by atoms with E-state index in [1.807, 2.05) is 0 Å².